The molecule has 4 rings (SSSR count). The van der Waals surface area contributed by atoms with E-state index < -0.39 is 0 Å². The van der Waals surface area contributed by atoms with E-state index >= 15 is 0 Å². The summed E-state index contributed by atoms with van der Waals surface area (Å²) >= 11 is 0. The average molecular weight is 449 g/mol. The molecule has 2 aromatic carbocycles. The topological polar surface area (TPSA) is 64.7 Å². The van der Waals surface area contributed by atoms with Gasteiger partial charge in [0.2, 0.25) is 11.8 Å². The lowest BCUT2D eigenvalue weighted by Gasteiger charge is -2.33. The van der Waals surface area contributed by atoms with Gasteiger partial charge < -0.3 is 10.6 Å². The highest BCUT2D eigenvalue weighted by molar-refractivity contribution is 5.82. The number of nitrogens with zero attached hydrogens (tertiary/aromatic N) is 2. The van der Waals surface area contributed by atoms with Crippen LogP contribution in [0.15, 0.2) is 48.5 Å². The van der Waals surface area contributed by atoms with Crippen LogP contribution in [0.3, 0.4) is 0 Å². The van der Waals surface area contributed by atoms with Gasteiger partial charge in [-0.15, -0.1) is 0 Å². The van der Waals surface area contributed by atoms with Crippen molar-refractivity contribution < 1.29 is 9.59 Å². The lowest BCUT2D eigenvalue weighted by Crippen LogP contribution is -2.48. The maximum absolute atomic E-state index is 12.6. The Morgan fingerprint density at radius 2 is 1.12 bits per heavy atom. The van der Waals surface area contributed by atoms with Gasteiger partial charge in [0.15, 0.2) is 0 Å². The number of hydrogen-bond donors (Lipinski definition) is 2. The molecule has 176 valence electrons. The summed E-state index contributed by atoms with van der Waals surface area (Å²) in [5, 5.41) is 6.08. The Bertz CT molecular complexity index is 899. The fourth-order valence-corrected chi connectivity index (χ4v) is 4.83. The molecular weight excluding hydrogens is 412 g/mol. The van der Waals surface area contributed by atoms with Crippen molar-refractivity contribution >= 4 is 11.8 Å². The molecule has 2 aromatic rings. The van der Waals surface area contributed by atoms with Crippen molar-refractivity contribution in [3.8, 4) is 0 Å². The lowest BCUT2D eigenvalue weighted by molar-refractivity contribution is -0.126. The molecule has 2 aliphatic rings. The van der Waals surface area contributed by atoms with Crippen LogP contribution in [-0.2, 0) is 35.5 Å². The average Bonchev–Trinajstić information content (AvgIpc) is 2.86. The van der Waals surface area contributed by atoms with Crippen LogP contribution in [0.1, 0.15) is 42.5 Å². The van der Waals surface area contributed by atoms with E-state index in [0.717, 1.165) is 45.4 Å². The number of hydrogen-bond acceptors (Lipinski definition) is 4. The predicted octanol–water partition coefficient (Wildman–Crippen LogP) is 2.50. The molecule has 2 N–H and O–H groups in total. The summed E-state index contributed by atoms with van der Waals surface area (Å²) in [7, 11) is 0. The van der Waals surface area contributed by atoms with E-state index in [4.69, 9.17) is 0 Å². The van der Waals surface area contributed by atoms with Gasteiger partial charge in [-0.2, -0.15) is 0 Å². The first kappa shape index (κ1) is 23.5. The maximum atomic E-state index is 12.6. The summed E-state index contributed by atoms with van der Waals surface area (Å²) in [6.45, 7) is 8.53. The van der Waals surface area contributed by atoms with Crippen LogP contribution in [0, 0.1) is 0 Å². The van der Waals surface area contributed by atoms with E-state index in [2.05, 4.69) is 69.0 Å². The Morgan fingerprint density at radius 3 is 1.55 bits per heavy atom. The van der Waals surface area contributed by atoms with Crippen LogP contribution >= 0.6 is 0 Å². The maximum Gasteiger partial charge on any atom is 0.237 e. The summed E-state index contributed by atoms with van der Waals surface area (Å²) in [6, 6.07) is 16.6. The van der Waals surface area contributed by atoms with Gasteiger partial charge in [0.25, 0.3) is 0 Å². The van der Waals surface area contributed by atoms with Crippen molar-refractivity contribution in [2.75, 3.05) is 26.2 Å². The molecule has 2 unspecified atom stereocenters. The van der Waals surface area contributed by atoms with Crippen LogP contribution in [0.5, 0.6) is 0 Å². The Hall–Kier alpha value is -2.70. The van der Waals surface area contributed by atoms with Gasteiger partial charge >= 0.3 is 0 Å². The smallest absolute Gasteiger partial charge is 0.237 e. The van der Waals surface area contributed by atoms with Crippen molar-refractivity contribution in [1.82, 2.24) is 20.4 Å². The second kappa shape index (κ2) is 10.9. The number of benzene rings is 2. The Kier molecular flexibility index (Phi) is 7.78. The highest BCUT2D eigenvalue weighted by Crippen LogP contribution is 2.21. The Balaban J connectivity index is 1.14. The van der Waals surface area contributed by atoms with E-state index in [0.29, 0.717) is 13.1 Å². The van der Waals surface area contributed by atoms with Crippen molar-refractivity contribution in [1.29, 1.82) is 0 Å². The molecule has 2 heterocycles. The van der Waals surface area contributed by atoms with Gasteiger partial charge in [-0.1, -0.05) is 48.5 Å². The summed E-state index contributed by atoms with van der Waals surface area (Å²) in [5.74, 6) is 0.113. The quantitative estimate of drug-likeness (QED) is 0.609. The van der Waals surface area contributed by atoms with Crippen molar-refractivity contribution in [2.24, 2.45) is 0 Å². The molecule has 0 aromatic heterocycles. The van der Waals surface area contributed by atoms with Crippen molar-refractivity contribution in [2.45, 2.75) is 58.3 Å². The third-order valence-electron chi connectivity index (χ3n) is 7.13. The van der Waals surface area contributed by atoms with Crippen LogP contribution < -0.4 is 10.6 Å². The second-order valence-corrected chi connectivity index (χ2v) is 9.27. The minimum atomic E-state index is -0.157. The molecule has 2 atom stereocenters. The van der Waals surface area contributed by atoms with E-state index in [9.17, 15) is 9.59 Å². The zero-order chi connectivity index (χ0) is 23.2. The van der Waals surface area contributed by atoms with Gasteiger partial charge in [-0.25, -0.2) is 0 Å². The number of rotatable bonds is 8. The molecule has 0 fully saturated rings. The molecule has 0 spiro atoms. The molecule has 0 radical (unpaired) electrons. The van der Waals surface area contributed by atoms with E-state index in [1.165, 1.54) is 22.3 Å². The first-order valence-corrected chi connectivity index (χ1v) is 12.2. The minimum absolute atomic E-state index is 0.0565. The highest BCUT2D eigenvalue weighted by atomic mass is 16.2. The molecule has 0 aliphatic carbocycles. The van der Waals surface area contributed by atoms with Gasteiger partial charge in [0, 0.05) is 39.3 Å². The van der Waals surface area contributed by atoms with Crippen molar-refractivity contribution in [3.63, 3.8) is 0 Å². The summed E-state index contributed by atoms with van der Waals surface area (Å²) in [4.78, 5) is 29.7. The Labute approximate surface area is 197 Å². The molecule has 33 heavy (non-hydrogen) atoms. The zero-order valence-electron chi connectivity index (χ0n) is 19.8. The minimum Gasteiger partial charge on any atom is -0.355 e. The molecule has 0 saturated heterocycles. The highest BCUT2D eigenvalue weighted by Gasteiger charge is 2.26. The monoisotopic (exact) mass is 448 g/mol. The number of fused-ring (bicyclic) bond motifs is 2. The molecular formula is C27H36N4O2. The van der Waals surface area contributed by atoms with Crippen LogP contribution in [0.25, 0.3) is 0 Å². The van der Waals surface area contributed by atoms with E-state index in [1.807, 2.05) is 13.8 Å². The van der Waals surface area contributed by atoms with E-state index in [-0.39, 0.29) is 23.9 Å². The van der Waals surface area contributed by atoms with Gasteiger partial charge in [-0.3, -0.25) is 19.4 Å². The number of carbonyl (C=O) groups excluding carboxylic acids is 2. The molecule has 2 aliphatic heterocycles. The number of amides is 2. The molecule has 2 amide bonds. The first-order chi connectivity index (χ1) is 16.0. The van der Waals surface area contributed by atoms with Crippen LogP contribution in [-0.4, -0.2) is 59.9 Å². The SMILES string of the molecule is CC(C(=O)NCCCNC(=O)C(C)N1CCc2ccccc2C1)N1CCc2ccccc2C1. The number of nitrogens with one attached hydrogen (secondary N) is 2. The first-order valence-electron chi connectivity index (χ1n) is 12.2. The fraction of sp³-hybridized carbons (Fsp3) is 0.481. The standard InChI is InChI=1S/C27H36N4O2/c1-20(30-16-12-22-8-3-5-10-24(22)18-30)26(32)28-14-7-15-29-27(33)21(2)31-17-13-23-9-4-6-11-25(23)19-31/h3-6,8-11,20-21H,7,12-19H2,1-2H3,(H,28,32)(H,29,33). The van der Waals surface area contributed by atoms with E-state index in [1.54, 1.807) is 0 Å². The largest absolute Gasteiger partial charge is 0.355 e. The predicted molar refractivity (Wildman–Crippen MR) is 131 cm³/mol. The molecule has 6 heteroatoms. The second-order valence-electron chi connectivity index (χ2n) is 9.27. The molecule has 0 saturated carbocycles. The van der Waals surface area contributed by atoms with Crippen molar-refractivity contribution in [3.05, 3.63) is 70.8 Å². The lowest BCUT2D eigenvalue weighted by atomic mass is 9.99. The van der Waals surface area contributed by atoms with Gasteiger partial charge in [-0.05, 0) is 55.4 Å². The van der Waals surface area contributed by atoms with Crippen LogP contribution in [0.2, 0.25) is 0 Å². The summed E-state index contributed by atoms with van der Waals surface area (Å²) in [5.41, 5.74) is 5.41. The third kappa shape index (κ3) is 5.81. The fourth-order valence-electron chi connectivity index (χ4n) is 4.83. The third-order valence-corrected chi connectivity index (χ3v) is 7.13. The molecule has 0 bridgehead atoms. The number of carbonyl (C=O) groups is 2. The molecule has 6 nitrogen and oxygen atoms in total. The summed E-state index contributed by atoms with van der Waals surface area (Å²) < 4.78 is 0. The summed E-state index contributed by atoms with van der Waals surface area (Å²) in [6.07, 6.45) is 2.70. The van der Waals surface area contributed by atoms with Gasteiger partial charge in [0.1, 0.15) is 0 Å². The normalized spacial score (nSPS) is 18.0. The zero-order valence-corrected chi connectivity index (χ0v) is 19.8. The van der Waals surface area contributed by atoms with Crippen LogP contribution in [0.4, 0.5) is 0 Å². The van der Waals surface area contributed by atoms with Gasteiger partial charge in [0.05, 0.1) is 12.1 Å². The Morgan fingerprint density at radius 1 is 0.727 bits per heavy atom.